The Hall–Kier alpha value is -1.57. The van der Waals surface area contributed by atoms with Gasteiger partial charge in [-0.1, -0.05) is 39.7 Å². The van der Waals surface area contributed by atoms with Crippen LogP contribution in [0, 0.1) is 0 Å². The zero-order valence-electron chi connectivity index (χ0n) is 13.4. The van der Waals surface area contributed by atoms with Crippen molar-refractivity contribution in [3.8, 4) is 0 Å². The summed E-state index contributed by atoms with van der Waals surface area (Å²) in [6.45, 7) is 0.925. The van der Waals surface area contributed by atoms with E-state index in [0.717, 1.165) is 16.6 Å². The Labute approximate surface area is 161 Å². The molecule has 1 aliphatic heterocycles. The highest BCUT2D eigenvalue weighted by molar-refractivity contribution is 9.10. The van der Waals surface area contributed by atoms with Crippen LogP contribution in [-0.4, -0.2) is 30.5 Å². The maximum absolute atomic E-state index is 12.8. The molecule has 1 saturated heterocycles. The standard InChI is InChI=1S/C18H14BrClF3NO2/c19-13-5-6-15(20)14(9-13)17(25)24-7-8-26-16(10-24)11-1-3-12(4-2-11)18(21,22)23/h1-6,9,16H,7-8,10H2. The van der Waals surface area contributed by atoms with Gasteiger partial charge >= 0.3 is 6.18 Å². The number of carbonyl (C=O) groups is 1. The van der Waals surface area contributed by atoms with Crippen LogP contribution >= 0.6 is 27.5 Å². The van der Waals surface area contributed by atoms with Crippen molar-refractivity contribution in [3.05, 3.63) is 68.7 Å². The first-order chi connectivity index (χ1) is 12.3. The van der Waals surface area contributed by atoms with Gasteiger partial charge in [0.1, 0.15) is 6.10 Å². The first-order valence-corrected chi connectivity index (χ1v) is 8.96. The van der Waals surface area contributed by atoms with E-state index in [0.29, 0.717) is 29.3 Å². The smallest absolute Gasteiger partial charge is 0.370 e. The van der Waals surface area contributed by atoms with Crippen LogP contribution in [0.25, 0.3) is 0 Å². The Morgan fingerprint density at radius 1 is 1.19 bits per heavy atom. The van der Waals surface area contributed by atoms with Crippen molar-refractivity contribution in [2.75, 3.05) is 19.7 Å². The fourth-order valence-electron chi connectivity index (χ4n) is 2.75. The highest BCUT2D eigenvalue weighted by Crippen LogP contribution is 2.31. The van der Waals surface area contributed by atoms with Crippen molar-refractivity contribution in [2.45, 2.75) is 12.3 Å². The molecule has 2 aromatic carbocycles. The molecule has 1 aliphatic rings. The Kier molecular flexibility index (Phi) is 5.60. The molecule has 3 nitrogen and oxygen atoms in total. The van der Waals surface area contributed by atoms with Crippen LogP contribution in [0.3, 0.4) is 0 Å². The predicted octanol–water partition coefficient (Wildman–Crippen LogP) is 5.34. The number of hydrogen-bond acceptors (Lipinski definition) is 2. The lowest BCUT2D eigenvalue weighted by atomic mass is 10.0. The predicted molar refractivity (Wildman–Crippen MR) is 95.2 cm³/mol. The van der Waals surface area contributed by atoms with E-state index in [-0.39, 0.29) is 12.5 Å². The number of benzene rings is 2. The molecule has 1 unspecified atom stereocenters. The van der Waals surface area contributed by atoms with E-state index in [2.05, 4.69) is 15.9 Å². The molecule has 1 heterocycles. The summed E-state index contributed by atoms with van der Waals surface area (Å²) < 4.78 is 44.4. The number of halogens is 5. The number of carbonyl (C=O) groups excluding carboxylic acids is 1. The van der Waals surface area contributed by atoms with E-state index in [9.17, 15) is 18.0 Å². The third-order valence-corrected chi connectivity index (χ3v) is 4.95. The van der Waals surface area contributed by atoms with Gasteiger partial charge in [0.25, 0.3) is 5.91 Å². The average molecular weight is 449 g/mol. The van der Waals surface area contributed by atoms with Gasteiger partial charge in [-0.15, -0.1) is 0 Å². The zero-order chi connectivity index (χ0) is 18.9. The van der Waals surface area contributed by atoms with Crippen molar-refractivity contribution < 1.29 is 22.7 Å². The number of alkyl halides is 3. The molecule has 0 spiro atoms. The van der Waals surface area contributed by atoms with E-state index in [1.807, 2.05) is 0 Å². The van der Waals surface area contributed by atoms with E-state index < -0.39 is 17.8 Å². The zero-order valence-corrected chi connectivity index (χ0v) is 15.7. The largest absolute Gasteiger partial charge is 0.416 e. The molecule has 0 bridgehead atoms. The lowest BCUT2D eigenvalue weighted by Gasteiger charge is -2.33. The molecular weight excluding hydrogens is 435 g/mol. The molecule has 0 radical (unpaired) electrons. The van der Waals surface area contributed by atoms with Crippen LogP contribution in [0.2, 0.25) is 5.02 Å². The van der Waals surface area contributed by atoms with Crippen molar-refractivity contribution >= 4 is 33.4 Å². The van der Waals surface area contributed by atoms with Crippen LogP contribution in [-0.2, 0) is 10.9 Å². The maximum atomic E-state index is 12.8. The van der Waals surface area contributed by atoms with Crippen molar-refractivity contribution in [1.82, 2.24) is 4.90 Å². The fraction of sp³-hybridized carbons (Fsp3) is 0.278. The minimum absolute atomic E-state index is 0.239. The van der Waals surface area contributed by atoms with Gasteiger partial charge in [0.2, 0.25) is 0 Å². The summed E-state index contributed by atoms with van der Waals surface area (Å²) in [7, 11) is 0. The molecule has 1 atom stereocenters. The van der Waals surface area contributed by atoms with Gasteiger partial charge in [0.05, 0.1) is 29.3 Å². The molecule has 1 amide bonds. The Morgan fingerprint density at radius 2 is 1.88 bits per heavy atom. The van der Waals surface area contributed by atoms with E-state index >= 15 is 0 Å². The maximum Gasteiger partial charge on any atom is 0.416 e. The van der Waals surface area contributed by atoms with Crippen LogP contribution in [0.5, 0.6) is 0 Å². The third kappa shape index (κ3) is 4.22. The van der Waals surface area contributed by atoms with Crippen LogP contribution < -0.4 is 0 Å². The highest BCUT2D eigenvalue weighted by Gasteiger charge is 2.31. The number of rotatable bonds is 2. The molecule has 2 aromatic rings. The first-order valence-electron chi connectivity index (χ1n) is 7.79. The summed E-state index contributed by atoms with van der Waals surface area (Å²) in [6, 6.07) is 9.82. The normalized spacial score (nSPS) is 18.0. The Morgan fingerprint density at radius 3 is 2.54 bits per heavy atom. The van der Waals surface area contributed by atoms with E-state index in [4.69, 9.17) is 16.3 Å². The molecule has 3 rings (SSSR count). The van der Waals surface area contributed by atoms with Crippen LogP contribution in [0.1, 0.15) is 27.6 Å². The lowest BCUT2D eigenvalue weighted by Crippen LogP contribution is -2.42. The highest BCUT2D eigenvalue weighted by atomic mass is 79.9. The minimum atomic E-state index is -4.38. The molecule has 0 aromatic heterocycles. The number of nitrogens with zero attached hydrogens (tertiary/aromatic N) is 1. The topological polar surface area (TPSA) is 29.5 Å². The molecule has 0 aliphatic carbocycles. The van der Waals surface area contributed by atoms with Gasteiger partial charge in [0, 0.05) is 11.0 Å². The summed E-state index contributed by atoms with van der Waals surface area (Å²) in [6.07, 6.45) is -4.87. The summed E-state index contributed by atoms with van der Waals surface area (Å²) in [4.78, 5) is 14.3. The molecule has 1 fully saturated rings. The quantitative estimate of drug-likeness (QED) is 0.621. The van der Waals surface area contributed by atoms with Gasteiger partial charge in [-0.25, -0.2) is 0 Å². The molecule has 138 valence electrons. The second-order valence-corrected chi connectivity index (χ2v) is 7.18. The number of hydrogen-bond donors (Lipinski definition) is 0. The van der Waals surface area contributed by atoms with Crippen molar-refractivity contribution in [3.63, 3.8) is 0 Å². The lowest BCUT2D eigenvalue weighted by molar-refractivity contribution is -0.137. The average Bonchev–Trinajstić information content (AvgIpc) is 2.62. The monoisotopic (exact) mass is 447 g/mol. The van der Waals surface area contributed by atoms with Gasteiger partial charge < -0.3 is 9.64 Å². The molecule has 8 heteroatoms. The number of ether oxygens (including phenoxy) is 1. The van der Waals surface area contributed by atoms with Gasteiger partial charge in [0.15, 0.2) is 0 Å². The molecule has 26 heavy (non-hydrogen) atoms. The van der Waals surface area contributed by atoms with Gasteiger partial charge in [-0.3, -0.25) is 4.79 Å². The SMILES string of the molecule is O=C(c1cc(Br)ccc1Cl)N1CCOC(c2ccc(C(F)(F)F)cc2)C1. The van der Waals surface area contributed by atoms with Crippen LogP contribution in [0.4, 0.5) is 13.2 Å². The second kappa shape index (κ2) is 7.58. The summed E-state index contributed by atoms with van der Waals surface area (Å²) >= 11 is 9.43. The van der Waals surface area contributed by atoms with Crippen LogP contribution in [0.15, 0.2) is 46.9 Å². The number of amides is 1. The second-order valence-electron chi connectivity index (χ2n) is 5.85. The first kappa shape index (κ1) is 19.2. The third-order valence-electron chi connectivity index (χ3n) is 4.12. The summed E-state index contributed by atoms with van der Waals surface area (Å²) in [5, 5.41) is 0.343. The van der Waals surface area contributed by atoms with Crippen molar-refractivity contribution in [2.24, 2.45) is 0 Å². The van der Waals surface area contributed by atoms with Gasteiger partial charge in [-0.2, -0.15) is 13.2 Å². The number of morpholine rings is 1. The van der Waals surface area contributed by atoms with E-state index in [1.165, 1.54) is 12.1 Å². The summed E-state index contributed by atoms with van der Waals surface area (Å²) in [5.74, 6) is -0.239. The van der Waals surface area contributed by atoms with E-state index in [1.54, 1.807) is 23.1 Å². The van der Waals surface area contributed by atoms with Gasteiger partial charge in [-0.05, 0) is 35.9 Å². The molecule has 0 N–H and O–H groups in total. The molecule has 0 saturated carbocycles. The Balaban J connectivity index is 1.77. The van der Waals surface area contributed by atoms with Crippen molar-refractivity contribution in [1.29, 1.82) is 0 Å². The fourth-order valence-corrected chi connectivity index (χ4v) is 3.31. The summed E-state index contributed by atoms with van der Waals surface area (Å²) in [5.41, 5.74) is 0.246. The molecular formula is C18H14BrClF3NO2. The minimum Gasteiger partial charge on any atom is -0.370 e. The Bertz CT molecular complexity index is 811.